The van der Waals surface area contributed by atoms with Crippen LogP contribution in [0.15, 0.2) is 6.33 Å². The van der Waals surface area contributed by atoms with Crippen LogP contribution in [0.2, 0.25) is 0 Å². The smallest absolute Gasteiger partial charge is 0.129 e. The summed E-state index contributed by atoms with van der Waals surface area (Å²) in [5.74, 6) is 0.693. The van der Waals surface area contributed by atoms with E-state index in [-0.39, 0.29) is 0 Å². The van der Waals surface area contributed by atoms with E-state index in [1.807, 2.05) is 0 Å². The average Bonchev–Trinajstić information content (AvgIpc) is 2.15. The van der Waals surface area contributed by atoms with E-state index in [2.05, 4.69) is 23.2 Å². The highest BCUT2D eigenvalue weighted by Gasteiger charge is 1.98. The number of hydrogen-bond donors (Lipinski definition) is 0. The largest absolute Gasteiger partial charge is 0.228 e. The molecule has 0 spiro atoms. The molecule has 9 heavy (non-hydrogen) atoms. The minimum Gasteiger partial charge on any atom is -0.228 e. The van der Waals surface area contributed by atoms with Gasteiger partial charge in [-0.1, -0.05) is 13.8 Å². The van der Waals surface area contributed by atoms with Crippen molar-refractivity contribution in [2.45, 2.75) is 20.3 Å². The SMILES string of the molecule is CC(C)Cc1ncns1. The number of hydrogen-bond acceptors (Lipinski definition) is 3. The van der Waals surface area contributed by atoms with E-state index in [0.29, 0.717) is 5.92 Å². The number of nitrogens with zero attached hydrogens (tertiary/aromatic N) is 2. The standard InChI is InChI=1S/C6H10N2S/c1-5(2)3-6-7-4-8-9-6/h4-5H,3H2,1-2H3. The molecule has 0 unspecified atom stereocenters. The first kappa shape index (κ1) is 6.68. The van der Waals surface area contributed by atoms with Crippen LogP contribution in [0.3, 0.4) is 0 Å². The monoisotopic (exact) mass is 142 g/mol. The first-order chi connectivity index (χ1) is 4.29. The maximum atomic E-state index is 4.06. The van der Waals surface area contributed by atoms with E-state index in [4.69, 9.17) is 0 Å². The average molecular weight is 142 g/mol. The molecule has 0 bridgehead atoms. The fourth-order valence-electron chi connectivity index (χ4n) is 0.635. The van der Waals surface area contributed by atoms with Gasteiger partial charge in [-0.3, -0.25) is 0 Å². The Morgan fingerprint density at radius 2 is 2.44 bits per heavy atom. The molecule has 0 aromatic carbocycles. The molecule has 0 atom stereocenters. The van der Waals surface area contributed by atoms with E-state index >= 15 is 0 Å². The van der Waals surface area contributed by atoms with Gasteiger partial charge in [-0.05, 0) is 17.5 Å². The van der Waals surface area contributed by atoms with Gasteiger partial charge in [0.25, 0.3) is 0 Å². The molecule has 3 heteroatoms. The molecule has 0 amide bonds. The lowest BCUT2D eigenvalue weighted by Gasteiger charge is -1.96. The second-order valence-electron chi connectivity index (χ2n) is 2.43. The van der Waals surface area contributed by atoms with Gasteiger partial charge in [0.15, 0.2) is 0 Å². The fraction of sp³-hybridized carbons (Fsp3) is 0.667. The first-order valence-electron chi connectivity index (χ1n) is 3.04. The van der Waals surface area contributed by atoms with Gasteiger partial charge in [-0.2, -0.15) is 4.37 Å². The van der Waals surface area contributed by atoms with Gasteiger partial charge < -0.3 is 0 Å². The van der Waals surface area contributed by atoms with E-state index in [1.165, 1.54) is 11.5 Å². The predicted octanol–water partition coefficient (Wildman–Crippen LogP) is 1.74. The van der Waals surface area contributed by atoms with Gasteiger partial charge in [0.05, 0.1) is 0 Å². The summed E-state index contributed by atoms with van der Waals surface area (Å²) >= 11 is 1.49. The van der Waals surface area contributed by atoms with Gasteiger partial charge in [0, 0.05) is 6.42 Å². The Balaban J connectivity index is 2.48. The molecule has 0 saturated heterocycles. The van der Waals surface area contributed by atoms with Gasteiger partial charge in [-0.25, -0.2) is 4.98 Å². The molecule has 1 rings (SSSR count). The van der Waals surface area contributed by atoms with Crippen LogP contribution in [0.5, 0.6) is 0 Å². The molecular formula is C6H10N2S. The maximum Gasteiger partial charge on any atom is 0.129 e. The lowest BCUT2D eigenvalue weighted by Crippen LogP contribution is -1.91. The van der Waals surface area contributed by atoms with Crippen LogP contribution < -0.4 is 0 Å². The topological polar surface area (TPSA) is 25.8 Å². The van der Waals surface area contributed by atoms with Crippen LogP contribution >= 0.6 is 11.5 Å². The third-order valence-corrected chi connectivity index (χ3v) is 1.67. The van der Waals surface area contributed by atoms with Crippen molar-refractivity contribution in [1.29, 1.82) is 0 Å². The van der Waals surface area contributed by atoms with Gasteiger partial charge in [-0.15, -0.1) is 0 Å². The van der Waals surface area contributed by atoms with Crippen LogP contribution in [-0.2, 0) is 6.42 Å². The van der Waals surface area contributed by atoms with Gasteiger partial charge in [0.2, 0.25) is 0 Å². The van der Waals surface area contributed by atoms with E-state index in [9.17, 15) is 0 Å². The molecule has 0 aliphatic heterocycles. The lowest BCUT2D eigenvalue weighted by molar-refractivity contribution is 0.644. The number of rotatable bonds is 2. The van der Waals surface area contributed by atoms with E-state index < -0.39 is 0 Å². The second kappa shape index (κ2) is 2.92. The van der Waals surface area contributed by atoms with E-state index in [0.717, 1.165) is 11.4 Å². The Morgan fingerprint density at radius 1 is 1.67 bits per heavy atom. The molecule has 1 aromatic heterocycles. The molecule has 0 aliphatic carbocycles. The highest BCUT2D eigenvalue weighted by atomic mass is 32.1. The van der Waals surface area contributed by atoms with Crippen molar-refractivity contribution in [2.75, 3.05) is 0 Å². The summed E-state index contributed by atoms with van der Waals surface area (Å²) in [6.45, 7) is 4.36. The maximum absolute atomic E-state index is 4.06. The normalized spacial score (nSPS) is 10.6. The fourth-order valence-corrected chi connectivity index (χ4v) is 1.35. The molecule has 0 radical (unpaired) electrons. The van der Waals surface area contributed by atoms with Crippen LogP contribution in [0, 0.1) is 5.92 Å². The quantitative estimate of drug-likeness (QED) is 0.628. The van der Waals surface area contributed by atoms with E-state index in [1.54, 1.807) is 6.33 Å². The zero-order valence-corrected chi connectivity index (χ0v) is 6.48. The molecule has 0 N–H and O–H groups in total. The molecule has 2 nitrogen and oxygen atoms in total. The molecule has 0 saturated carbocycles. The lowest BCUT2D eigenvalue weighted by atomic mass is 10.1. The Kier molecular flexibility index (Phi) is 2.16. The minimum absolute atomic E-state index is 0.693. The third-order valence-electron chi connectivity index (χ3n) is 0.990. The molecule has 50 valence electrons. The second-order valence-corrected chi connectivity index (χ2v) is 3.30. The van der Waals surface area contributed by atoms with Crippen molar-refractivity contribution in [3.8, 4) is 0 Å². The summed E-state index contributed by atoms with van der Waals surface area (Å²) in [5, 5.41) is 1.14. The summed E-state index contributed by atoms with van der Waals surface area (Å²) in [6, 6.07) is 0. The van der Waals surface area contributed by atoms with Gasteiger partial charge >= 0.3 is 0 Å². The molecule has 1 aromatic rings. The number of aromatic nitrogens is 2. The Morgan fingerprint density at radius 3 is 2.89 bits per heavy atom. The molecular weight excluding hydrogens is 132 g/mol. The van der Waals surface area contributed by atoms with Crippen LogP contribution in [0.4, 0.5) is 0 Å². The summed E-state index contributed by atoms with van der Waals surface area (Å²) in [4.78, 5) is 4.06. The zero-order valence-electron chi connectivity index (χ0n) is 5.66. The van der Waals surface area contributed by atoms with Crippen molar-refractivity contribution < 1.29 is 0 Å². The van der Waals surface area contributed by atoms with Crippen molar-refractivity contribution in [3.63, 3.8) is 0 Å². The predicted molar refractivity (Wildman–Crippen MR) is 38.5 cm³/mol. The summed E-state index contributed by atoms with van der Waals surface area (Å²) < 4.78 is 3.91. The van der Waals surface area contributed by atoms with Crippen molar-refractivity contribution in [2.24, 2.45) is 5.92 Å². The van der Waals surface area contributed by atoms with Crippen LogP contribution in [0.25, 0.3) is 0 Å². The molecule has 0 aliphatic rings. The Labute approximate surface area is 59.1 Å². The van der Waals surface area contributed by atoms with Crippen molar-refractivity contribution >= 4 is 11.5 Å². The van der Waals surface area contributed by atoms with Crippen molar-refractivity contribution in [1.82, 2.24) is 9.36 Å². The van der Waals surface area contributed by atoms with Crippen LogP contribution in [0.1, 0.15) is 18.9 Å². The zero-order chi connectivity index (χ0) is 6.69. The summed E-state index contributed by atoms with van der Waals surface area (Å²) in [7, 11) is 0. The summed E-state index contributed by atoms with van der Waals surface area (Å²) in [5.41, 5.74) is 0. The first-order valence-corrected chi connectivity index (χ1v) is 3.82. The van der Waals surface area contributed by atoms with Crippen LogP contribution in [-0.4, -0.2) is 9.36 Å². The van der Waals surface area contributed by atoms with Gasteiger partial charge in [0.1, 0.15) is 11.3 Å². The van der Waals surface area contributed by atoms with Crippen molar-refractivity contribution in [3.05, 3.63) is 11.3 Å². The summed E-state index contributed by atoms with van der Waals surface area (Å²) in [6.07, 6.45) is 2.67. The highest BCUT2D eigenvalue weighted by molar-refractivity contribution is 7.05. The third kappa shape index (κ3) is 2.10. The Hall–Kier alpha value is -0.440. The highest BCUT2D eigenvalue weighted by Crippen LogP contribution is 2.06. The minimum atomic E-state index is 0.693. The molecule has 1 heterocycles. The Bertz CT molecular complexity index is 158. The molecule has 0 fully saturated rings.